The third-order valence-electron chi connectivity index (χ3n) is 2.64. The molecule has 20 heavy (non-hydrogen) atoms. The van der Waals surface area contributed by atoms with E-state index < -0.39 is 17.7 Å². The number of hydrogen-bond donors (Lipinski definition) is 0. The molecule has 0 unspecified atom stereocenters. The zero-order valence-electron chi connectivity index (χ0n) is 10.1. The molecule has 0 bridgehead atoms. The van der Waals surface area contributed by atoms with Crippen molar-refractivity contribution >= 4 is 0 Å². The molecule has 102 valence electrons. The van der Waals surface area contributed by atoms with Gasteiger partial charge in [0.2, 0.25) is 0 Å². The van der Waals surface area contributed by atoms with E-state index >= 15 is 0 Å². The molecule has 0 aliphatic rings. The molecule has 0 spiro atoms. The number of nitrogens with zero attached hydrogens (tertiary/aromatic N) is 2. The van der Waals surface area contributed by atoms with Gasteiger partial charge in [0.05, 0.1) is 18.2 Å². The molecular formula is C14H8F4N2. The lowest BCUT2D eigenvalue weighted by Crippen LogP contribution is -2.09. The molecule has 0 fully saturated rings. The van der Waals surface area contributed by atoms with Crippen LogP contribution >= 0.6 is 0 Å². The van der Waals surface area contributed by atoms with Gasteiger partial charge in [0.1, 0.15) is 11.5 Å². The summed E-state index contributed by atoms with van der Waals surface area (Å²) in [4.78, 5) is 3.53. The summed E-state index contributed by atoms with van der Waals surface area (Å²) < 4.78 is 51.2. The number of nitriles is 1. The van der Waals surface area contributed by atoms with Crippen molar-refractivity contribution in [2.45, 2.75) is 12.6 Å². The van der Waals surface area contributed by atoms with E-state index in [1.807, 2.05) is 6.07 Å². The van der Waals surface area contributed by atoms with Crippen molar-refractivity contribution in [3.8, 4) is 17.3 Å². The van der Waals surface area contributed by atoms with Gasteiger partial charge < -0.3 is 0 Å². The fourth-order valence-electron chi connectivity index (χ4n) is 1.76. The summed E-state index contributed by atoms with van der Waals surface area (Å²) >= 11 is 0. The molecule has 0 atom stereocenters. The first-order valence-electron chi connectivity index (χ1n) is 5.62. The number of alkyl halides is 3. The smallest absolute Gasteiger partial charge is 0.243 e. The highest BCUT2D eigenvalue weighted by Crippen LogP contribution is 2.31. The van der Waals surface area contributed by atoms with Gasteiger partial charge in [-0.2, -0.15) is 18.4 Å². The lowest BCUT2D eigenvalue weighted by molar-refractivity contribution is -0.141. The Morgan fingerprint density at radius 3 is 2.50 bits per heavy atom. The predicted molar refractivity (Wildman–Crippen MR) is 64.0 cm³/mol. The number of halogens is 4. The van der Waals surface area contributed by atoms with Crippen LogP contribution in [0.3, 0.4) is 0 Å². The highest BCUT2D eigenvalue weighted by atomic mass is 19.4. The summed E-state index contributed by atoms with van der Waals surface area (Å²) in [6, 6.07) is 8.96. The van der Waals surface area contributed by atoms with E-state index in [0.717, 1.165) is 12.1 Å². The Balaban J connectivity index is 2.61. The second-order valence-electron chi connectivity index (χ2n) is 4.05. The maximum Gasteiger partial charge on any atom is 0.433 e. The van der Waals surface area contributed by atoms with Crippen molar-refractivity contribution in [1.29, 1.82) is 5.26 Å². The second kappa shape index (κ2) is 5.29. The number of rotatable bonds is 2. The van der Waals surface area contributed by atoms with Gasteiger partial charge in [0.25, 0.3) is 0 Å². The first-order chi connectivity index (χ1) is 9.41. The van der Waals surface area contributed by atoms with E-state index in [2.05, 4.69) is 4.98 Å². The molecule has 1 aromatic heterocycles. The van der Waals surface area contributed by atoms with Crippen LogP contribution in [0.4, 0.5) is 17.6 Å². The Hall–Kier alpha value is -2.42. The monoisotopic (exact) mass is 280 g/mol. The highest BCUT2D eigenvalue weighted by Gasteiger charge is 2.33. The van der Waals surface area contributed by atoms with E-state index in [4.69, 9.17) is 5.26 Å². The van der Waals surface area contributed by atoms with E-state index in [0.29, 0.717) is 5.56 Å². The molecule has 0 saturated carbocycles. The Morgan fingerprint density at radius 2 is 1.90 bits per heavy atom. The molecule has 2 aromatic rings. The quantitative estimate of drug-likeness (QED) is 0.780. The van der Waals surface area contributed by atoms with Gasteiger partial charge in [-0.1, -0.05) is 18.2 Å². The van der Waals surface area contributed by atoms with Crippen molar-refractivity contribution in [2.24, 2.45) is 0 Å². The maximum atomic E-state index is 13.2. The average Bonchev–Trinajstić information content (AvgIpc) is 2.38. The van der Waals surface area contributed by atoms with Crippen LogP contribution in [0.5, 0.6) is 0 Å². The molecule has 2 rings (SSSR count). The van der Waals surface area contributed by atoms with Crippen molar-refractivity contribution in [1.82, 2.24) is 4.98 Å². The lowest BCUT2D eigenvalue weighted by Gasteiger charge is -2.11. The average molecular weight is 280 g/mol. The predicted octanol–water partition coefficient (Wildman–Crippen LogP) is 3.97. The van der Waals surface area contributed by atoms with Crippen LogP contribution in [-0.4, -0.2) is 4.98 Å². The highest BCUT2D eigenvalue weighted by molar-refractivity contribution is 5.64. The van der Waals surface area contributed by atoms with Crippen molar-refractivity contribution in [3.63, 3.8) is 0 Å². The van der Waals surface area contributed by atoms with Crippen molar-refractivity contribution < 1.29 is 17.6 Å². The number of pyridine rings is 1. The van der Waals surface area contributed by atoms with Crippen LogP contribution in [0.2, 0.25) is 0 Å². The Morgan fingerprint density at radius 1 is 1.15 bits per heavy atom. The van der Waals surface area contributed by atoms with E-state index in [1.54, 1.807) is 0 Å². The molecule has 2 nitrogen and oxygen atoms in total. The zero-order chi connectivity index (χ0) is 14.8. The van der Waals surface area contributed by atoms with Gasteiger partial charge in [0.15, 0.2) is 0 Å². The normalized spacial score (nSPS) is 11.2. The molecular weight excluding hydrogens is 272 g/mol. The Kier molecular flexibility index (Phi) is 3.70. The van der Waals surface area contributed by atoms with Crippen molar-refractivity contribution in [3.05, 3.63) is 53.5 Å². The van der Waals surface area contributed by atoms with Crippen LogP contribution in [-0.2, 0) is 12.6 Å². The van der Waals surface area contributed by atoms with Gasteiger partial charge in [-0.05, 0) is 23.8 Å². The van der Waals surface area contributed by atoms with Gasteiger partial charge in [-0.25, -0.2) is 9.37 Å². The Bertz CT molecular complexity index is 672. The summed E-state index contributed by atoms with van der Waals surface area (Å²) in [6.07, 6.45) is -4.69. The minimum atomic E-state index is -4.59. The van der Waals surface area contributed by atoms with Gasteiger partial charge in [-0.3, -0.25) is 0 Å². The summed E-state index contributed by atoms with van der Waals surface area (Å²) in [7, 11) is 0. The molecule has 0 saturated heterocycles. The largest absolute Gasteiger partial charge is 0.433 e. The van der Waals surface area contributed by atoms with E-state index in [9.17, 15) is 17.6 Å². The Labute approximate surface area is 112 Å². The van der Waals surface area contributed by atoms with Crippen LogP contribution in [0, 0.1) is 17.1 Å². The first-order valence-corrected chi connectivity index (χ1v) is 5.62. The summed E-state index contributed by atoms with van der Waals surface area (Å²) in [5.41, 5.74) is -0.563. The van der Waals surface area contributed by atoms with Crippen LogP contribution in [0.1, 0.15) is 11.3 Å². The van der Waals surface area contributed by atoms with Gasteiger partial charge >= 0.3 is 6.18 Å². The zero-order valence-corrected chi connectivity index (χ0v) is 10.1. The van der Waals surface area contributed by atoms with Gasteiger partial charge in [0, 0.05) is 5.56 Å². The molecule has 6 heteroatoms. The summed E-state index contributed by atoms with van der Waals surface area (Å²) in [5.74, 6) is -0.579. The topological polar surface area (TPSA) is 36.7 Å². The SMILES string of the molecule is N#CCc1ccc(C(F)(F)F)nc1-c1cccc(F)c1. The lowest BCUT2D eigenvalue weighted by atomic mass is 10.0. The van der Waals surface area contributed by atoms with E-state index in [-0.39, 0.29) is 17.7 Å². The summed E-state index contributed by atoms with van der Waals surface area (Å²) in [5, 5.41) is 8.70. The van der Waals surface area contributed by atoms with Crippen molar-refractivity contribution in [2.75, 3.05) is 0 Å². The van der Waals surface area contributed by atoms with E-state index in [1.165, 1.54) is 24.3 Å². The number of hydrogen-bond acceptors (Lipinski definition) is 2. The van der Waals surface area contributed by atoms with Crippen LogP contribution < -0.4 is 0 Å². The number of benzene rings is 1. The fourth-order valence-corrected chi connectivity index (χ4v) is 1.76. The second-order valence-corrected chi connectivity index (χ2v) is 4.05. The first kappa shape index (κ1) is 14.0. The third kappa shape index (κ3) is 2.94. The fraction of sp³-hybridized carbons (Fsp3) is 0.143. The standard InChI is InChI=1S/C14H8F4N2/c15-11-3-1-2-10(8-11)13-9(6-7-19)4-5-12(20-13)14(16,17)18/h1-5,8H,6H2. The molecule has 0 aliphatic heterocycles. The minimum Gasteiger partial charge on any atom is -0.243 e. The van der Waals surface area contributed by atoms with Gasteiger partial charge in [-0.15, -0.1) is 0 Å². The molecule has 0 aliphatic carbocycles. The minimum absolute atomic E-state index is 0.0270. The summed E-state index contributed by atoms with van der Waals surface area (Å²) in [6.45, 7) is 0. The van der Waals surface area contributed by atoms with Crippen LogP contribution in [0.25, 0.3) is 11.3 Å². The maximum absolute atomic E-state index is 13.2. The molecule has 0 N–H and O–H groups in total. The third-order valence-corrected chi connectivity index (χ3v) is 2.64. The van der Waals surface area contributed by atoms with Crippen LogP contribution in [0.15, 0.2) is 36.4 Å². The molecule has 0 radical (unpaired) electrons. The molecule has 0 amide bonds. The molecule has 1 heterocycles. The number of aromatic nitrogens is 1. The molecule has 1 aromatic carbocycles.